The second-order valence-corrected chi connectivity index (χ2v) is 6.87. The molecule has 1 aliphatic carbocycles. The van der Waals surface area contributed by atoms with Gasteiger partial charge in [-0.1, -0.05) is 19.8 Å². The molecule has 1 heterocycles. The zero-order valence-electron chi connectivity index (χ0n) is 12.1. The highest BCUT2D eigenvalue weighted by molar-refractivity contribution is 5.03. The highest BCUT2D eigenvalue weighted by Gasteiger charge is 2.50. The monoisotopic (exact) mass is 254 g/mol. The Kier molecular flexibility index (Phi) is 4.35. The smallest absolute Gasteiger partial charge is 0.0728 e. The van der Waals surface area contributed by atoms with E-state index in [9.17, 15) is 5.11 Å². The predicted octanol–water partition coefficient (Wildman–Crippen LogP) is 1.99. The molecule has 1 saturated heterocycles. The molecule has 3 nitrogen and oxygen atoms in total. The highest BCUT2D eigenvalue weighted by Crippen LogP contribution is 2.50. The van der Waals surface area contributed by atoms with Crippen LogP contribution >= 0.6 is 0 Å². The van der Waals surface area contributed by atoms with Crippen molar-refractivity contribution in [3.8, 4) is 0 Å². The Bertz CT molecular complexity index is 284. The van der Waals surface area contributed by atoms with Crippen molar-refractivity contribution in [2.24, 2.45) is 17.1 Å². The predicted molar refractivity (Wildman–Crippen MR) is 75.4 cm³/mol. The van der Waals surface area contributed by atoms with E-state index in [0.29, 0.717) is 12.5 Å². The molecule has 3 atom stereocenters. The lowest BCUT2D eigenvalue weighted by Gasteiger charge is -2.51. The Hall–Kier alpha value is -0.120. The molecule has 0 spiro atoms. The zero-order chi connectivity index (χ0) is 13.2. The van der Waals surface area contributed by atoms with Crippen LogP contribution in [0.2, 0.25) is 0 Å². The van der Waals surface area contributed by atoms with E-state index in [1.165, 1.54) is 12.8 Å². The number of nitrogens with zero attached hydrogens (tertiary/aromatic N) is 1. The Labute approximate surface area is 112 Å². The van der Waals surface area contributed by atoms with Crippen LogP contribution in [0.25, 0.3) is 0 Å². The number of hydrogen-bond acceptors (Lipinski definition) is 3. The highest BCUT2D eigenvalue weighted by atomic mass is 16.3. The van der Waals surface area contributed by atoms with E-state index < -0.39 is 5.60 Å². The molecular formula is C15H30N2O. The summed E-state index contributed by atoms with van der Waals surface area (Å²) < 4.78 is 0. The van der Waals surface area contributed by atoms with Gasteiger partial charge in [0.25, 0.3) is 0 Å². The van der Waals surface area contributed by atoms with Gasteiger partial charge in [-0.3, -0.25) is 0 Å². The van der Waals surface area contributed by atoms with Gasteiger partial charge in [-0.2, -0.15) is 0 Å². The molecule has 0 amide bonds. The van der Waals surface area contributed by atoms with Crippen LogP contribution in [0.4, 0.5) is 0 Å². The SMILES string of the molecule is CC1CCCC(CN)(C2(O)CCCN(C)CC2)C1. The molecule has 0 radical (unpaired) electrons. The molecule has 0 bridgehead atoms. The molecule has 1 saturated carbocycles. The topological polar surface area (TPSA) is 49.5 Å². The summed E-state index contributed by atoms with van der Waals surface area (Å²) in [6.45, 7) is 5.08. The zero-order valence-corrected chi connectivity index (χ0v) is 12.1. The fourth-order valence-electron chi connectivity index (χ4n) is 4.24. The van der Waals surface area contributed by atoms with Crippen LogP contribution in [0.15, 0.2) is 0 Å². The Morgan fingerprint density at radius 2 is 2.00 bits per heavy atom. The molecule has 3 unspecified atom stereocenters. The number of rotatable bonds is 2. The first-order valence-corrected chi connectivity index (χ1v) is 7.62. The van der Waals surface area contributed by atoms with Crippen LogP contribution in [-0.4, -0.2) is 42.3 Å². The normalized spacial score (nSPS) is 43.7. The fraction of sp³-hybridized carbons (Fsp3) is 1.00. The van der Waals surface area contributed by atoms with Gasteiger partial charge >= 0.3 is 0 Å². The summed E-state index contributed by atoms with van der Waals surface area (Å²) >= 11 is 0. The van der Waals surface area contributed by atoms with Crippen molar-refractivity contribution in [1.82, 2.24) is 4.90 Å². The third-order valence-corrected chi connectivity index (χ3v) is 5.51. The Morgan fingerprint density at radius 3 is 2.67 bits per heavy atom. The van der Waals surface area contributed by atoms with Gasteiger partial charge in [0.1, 0.15) is 0 Å². The number of hydrogen-bond donors (Lipinski definition) is 2. The van der Waals surface area contributed by atoms with Crippen molar-refractivity contribution < 1.29 is 5.11 Å². The molecule has 3 N–H and O–H groups in total. The quantitative estimate of drug-likeness (QED) is 0.792. The van der Waals surface area contributed by atoms with Crippen LogP contribution in [-0.2, 0) is 0 Å². The molecule has 106 valence electrons. The summed E-state index contributed by atoms with van der Waals surface area (Å²) in [5.41, 5.74) is 5.58. The molecule has 0 aromatic carbocycles. The second-order valence-electron chi connectivity index (χ2n) is 6.87. The van der Waals surface area contributed by atoms with Crippen molar-refractivity contribution in [1.29, 1.82) is 0 Å². The maximum atomic E-state index is 11.3. The number of nitrogens with two attached hydrogens (primary N) is 1. The van der Waals surface area contributed by atoms with Crippen LogP contribution in [0, 0.1) is 11.3 Å². The van der Waals surface area contributed by atoms with Crippen molar-refractivity contribution in [3.63, 3.8) is 0 Å². The van der Waals surface area contributed by atoms with Crippen molar-refractivity contribution >= 4 is 0 Å². The fourth-order valence-corrected chi connectivity index (χ4v) is 4.24. The van der Waals surface area contributed by atoms with Gasteiger partial charge in [-0.05, 0) is 51.6 Å². The molecular weight excluding hydrogens is 224 g/mol. The minimum atomic E-state index is -0.527. The molecule has 2 aliphatic rings. The van der Waals surface area contributed by atoms with Crippen LogP contribution in [0.3, 0.4) is 0 Å². The summed E-state index contributed by atoms with van der Waals surface area (Å²) in [5, 5.41) is 11.3. The van der Waals surface area contributed by atoms with E-state index in [1.807, 2.05) is 0 Å². The third kappa shape index (κ3) is 2.59. The molecule has 18 heavy (non-hydrogen) atoms. The number of aliphatic hydroxyl groups is 1. The summed E-state index contributed by atoms with van der Waals surface area (Å²) in [4.78, 5) is 2.34. The molecule has 0 aromatic rings. The van der Waals surface area contributed by atoms with E-state index in [4.69, 9.17) is 5.73 Å². The van der Waals surface area contributed by atoms with E-state index in [-0.39, 0.29) is 5.41 Å². The first-order valence-electron chi connectivity index (χ1n) is 7.62. The average Bonchev–Trinajstić information content (AvgIpc) is 2.52. The molecule has 2 rings (SSSR count). The largest absolute Gasteiger partial charge is 0.389 e. The van der Waals surface area contributed by atoms with Gasteiger partial charge in [0.05, 0.1) is 5.60 Å². The molecule has 0 aromatic heterocycles. The van der Waals surface area contributed by atoms with Gasteiger partial charge in [-0.25, -0.2) is 0 Å². The Morgan fingerprint density at radius 1 is 1.22 bits per heavy atom. The number of likely N-dealkylation sites (tertiary alicyclic amines) is 1. The van der Waals surface area contributed by atoms with Gasteiger partial charge in [0.15, 0.2) is 0 Å². The van der Waals surface area contributed by atoms with E-state index in [1.54, 1.807) is 0 Å². The molecule has 1 aliphatic heterocycles. The first kappa shape index (κ1) is 14.3. The van der Waals surface area contributed by atoms with Gasteiger partial charge in [0, 0.05) is 18.5 Å². The van der Waals surface area contributed by atoms with Gasteiger partial charge in [0.2, 0.25) is 0 Å². The van der Waals surface area contributed by atoms with Crippen molar-refractivity contribution in [2.45, 2.75) is 57.5 Å². The minimum absolute atomic E-state index is 0.0180. The summed E-state index contributed by atoms with van der Waals surface area (Å²) in [6.07, 6.45) is 7.70. The summed E-state index contributed by atoms with van der Waals surface area (Å²) in [6, 6.07) is 0. The van der Waals surface area contributed by atoms with E-state index >= 15 is 0 Å². The maximum Gasteiger partial charge on any atom is 0.0728 e. The average molecular weight is 254 g/mol. The third-order valence-electron chi connectivity index (χ3n) is 5.51. The summed E-state index contributed by atoms with van der Waals surface area (Å²) in [5.74, 6) is 0.715. The lowest BCUT2D eigenvalue weighted by Crippen LogP contribution is -2.55. The van der Waals surface area contributed by atoms with E-state index in [0.717, 1.165) is 45.2 Å². The van der Waals surface area contributed by atoms with Gasteiger partial charge in [-0.15, -0.1) is 0 Å². The summed E-state index contributed by atoms with van der Waals surface area (Å²) in [7, 11) is 2.16. The molecule has 3 heteroatoms. The minimum Gasteiger partial charge on any atom is -0.389 e. The first-order chi connectivity index (χ1) is 8.51. The lowest BCUT2D eigenvalue weighted by molar-refractivity contribution is -0.116. The van der Waals surface area contributed by atoms with Crippen molar-refractivity contribution in [2.75, 3.05) is 26.7 Å². The maximum absolute atomic E-state index is 11.3. The molecule has 2 fully saturated rings. The standard InChI is InChI=1S/C15H30N2O/c1-13-5-3-6-14(11-13,12-16)15(18)7-4-9-17(2)10-8-15/h13,18H,3-12,16H2,1-2H3. The van der Waals surface area contributed by atoms with Gasteiger partial charge < -0.3 is 15.7 Å². The lowest BCUT2D eigenvalue weighted by atomic mass is 9.58. The van der Waals surface area contributed by atoms with Crippen LogP contribution in [0.5, 0.6) is 0 Å². The van der Waals surface area contributed by atoms with E-state index in [2.05, 4.69) is 18.9 Å². The van der Waals surface area contributed by atoms with Crippen molar-refractivity contribution in [3.05, 3.63) is 0 Å². The van der Waals surface area contributed by atoms with Crippen LogP contribution in [0.1, 0.15) is 51.9 Å². The second kappa shape index (κ2) is 5.48. The van der Waals surface area contributed by atoms with Crippen LogP contribution < -0.4 is 5.73 Å². The Balaban J connectivity index is 2.18.